The van der Waals surface area contributed by atoms with Crippen molar-refractivity contribution in [2.45, 2.75) is 13.3 Å². The van der Waals surface area contributed by atoms with Crippen molar-refractivity contribution in [3.8, 4) is 11.1 Å². The van der Waals surface area contributed by atoms with E-state index < -0.39 is 0 Å². The largest absolute Gasteiger partial charge is 0.294 e. The van der Waals surface area contributed by atoms with E-state index in [4.69, 9.17) is 0 Å². The summed E-state index contributed by atoms with van der Waals surface area (Å²) < 4.78 is 0. The lowest BCUT2D eigenvalue weighted by Gasteiger charge is -2.14. The lowest BCUT2D eigenvalue weighted by Crippen LogP contribution is -2.02. The van der Waals surface area contributed by atoms with Crippen LogP contribution < -0.4 is 0 Å². The van der Waals surface area contributed by atoms with Crippen molar-refractivity contribution in [3.05, 3.63) is 83.9 Å². The van der Waals surface area contributed by atoms with Gasteiger partial charge in [0.05, 0.1) is 0 Å². The molecule has 0 aliphatic heterocycles. The Kier molecular flexibility index (Phi) is 3.05. The number of carbonyl (C=O) groups is 1. The minimum Gasteiger partial charge on any atom is -0.294 e. The zero-order valence-electron chi connectivity index (χ0n) is 14.1. The summed E-state index contributed by atoms with van der Waals surface area (Å²) in [5, 5.41) is 5.04. The molecule has 25 heavy (non-hydrogen) atoms. The Balaban J connectivity index is 1.90. The molecule has 0 spiro atoms. The molecular weight excluding hydrogens is 304 g/mol. The van der Waals surface area contributed by atoms with Gasteiger partial charge in [-0.3, -0.25) is 4.79 Å². The van der Waals surface area contributed by atoms with Gasteiger partial charge in [0.2, 0.25) is 0 Å². The normalized spacial score (nSPS) is 16.5. The quantitative estimate of drug-likeness (QED) is 0.391. The highest BCUT2D eigenvalue weighted by molar-refractivity contribution is 6.14. The van der Waals surface area contributed by atoms with Gasteiger partial charge in [-0.15, -0.1) is 0 Å². The van der Waals surface area contributed by atoms with Crippen LogP contribution >= 0.6 is 0 Å². The van der Waals surface area contributed by atoms with E-state index in [0.717, 1.165) is 12.0 Å². The lowest BCUT2D eigenvalue weighted by atomic mass is 9.90. The molecule has 0 aromatic heterocycles. The summed E-state index contributed by atoms with van der Waals surface area (Å²) in [7, 11) is 0. The molecule has 120 valence electrons. The summed E-state index contributed by atoms with van der Waals surface area (Å²) >= 11 is 0. The SMILES string of the molecule is CC1Cc2c(cccc2-c2cc3ccccc3c3ccccc23)C1=O. The molecule has 1 heteroatoms. The minimum atomic E-state index is 0.0860. The van der Waals surface area contributed by atoms with Crippen LogP contribution in [0.3, 0.4) is 0 Å². The maximum Gasteiger partial charge on any atom is 0.166 e. The maximum absolute atomic E-state index is 12.5. The summed E-state index contributed by atoms with van der Waals surface area (Å²) in [6, 6.07) is 25.6. The van der Waals surface area contributed by atoms with E-state index in [-0.39, 0.29) is 11.7 Å². The van der Waals surface area contributed by atoms with Crippen molar-refractivity contribution in [1.29, 1.82) is 0 Å². The van der Waals surface area contributed by atoms with E-state index >= 15 is 0 Å². The van der Waals surface area contributed by atoms with E-state index in [1.165, 1.54) is 38.2 Å². The molecule has 1 nitrogen and oxygen atoms in total. The number of rotatable bonds is 1. The van der Waals surface area contributed by atoms with Gasteiger partial charge in [-0.25, -0.2) is 0 Å². The van der Waals surface area contributed by atoms with E-state index in [1.807, 2.05) is 19.1 Å². The maximum atomic E-state index is 12.5. The standard InChI is InChI=1S/C24H18O/c1-15-13-22-20(11-6-12-21(22)24(15)25)23-14-16-7-2-3-8-17(16)18-9-4-5-10-19(18)23/h2-12,14-15H,13H2,1H3. The van der Waals surface area contributed by atoms with Crippen molar-refractivity contribution < 1.29 is 4.79 Å². The zero-order chi connectivity index (χ0) is 17.0. The molecule has 1 unspecified atom stereocenters. The third-order valence-electron chi connectivity index (χ3n) is 5.46. The Morgan fingerprint density at radius 1 is 0.720 bits per heavy atom. The number of carbonyl (C=O) groups excluding carboxylic acids is 1. The highest BCUT2D eigenvalue weighted by atomic mass is 16.1. The smallest absolute Gasteiger partial charge is 0.166 e. The fourth-order valence-electron chi connectivity index (χ4n) is 4.23. The molecular formula is C24H18O. The number of ketones is 1. The highest BCUT2D eigenvalue weighted by Crippen LogP contribution is 2.40. The average Bonchev–Trinajstić information content (AvgIpc) is 2.95. The summed E-state index contributed by atoms with van der Waals surface area (Å²) in [5.41, 5.74) is 4.55. The monoisotopic (exact) mass is 322 g/mol. The Labute approximate surface area is 146 Å². The number of benzene rings is 4. The van der Waals surface area contributed by atoms with Crippen LogP contribution in [-0.2, 0) is 6.42 Å². The molecule has 1 aliphatic rings. The van der Waals surface area contributed by atoms with Crippen LogP contribution in [0, 0.1) is 5.92 Å². The van der Waals surface area contributed by atoms with E-state index in [1.54, 1.807) is 0 Å². The number of Topliss-reactive ketones (excluding diaryl/α,β-unsaturated/α-hetero) is 1. The van der Waals surface area contributed by atoms with Gasteiger partial charge in [-0.05, 0) is 50.7 Å². The Bertz CT molecular complexity index is 1150. The van der Waals surface area contributed by atoms with E-state index in [0.29, 0.717) is 0 Å². The topological polar surface area (TPSA) is 17.1 Å². The molecule has 5 rings (SSSR count). The van der Waals surface area contributed by atoms with Crippen molar-refractivity contribution >= 4 is 27.3 Å². The first kappa shape index (κ1) is 14.4. The predicted octanol–water partition coefficient (Wildman–Crippen LogP) is 6.03. The lowest BCUT2D eigenvalue weighted by molar-refractivity contribution is 0.0946. The average molecular weight is 322 g/mol. The molecule has 0 amide bonds. The highest BCUT2D eigenvalue weighted by Gasteiger charge is 2.29. The molecule has 0 heterocycles. The predicted molar refractivity (Wildman–Crippen MR) is 104 cm³/mol. The fourth-order valence-corrected chi connectivity index (χ4v) is 4.23. The molecule has 4 aromatic carbocycles. The van der Waals surface area contributed by atoms with Crippen LogP contribution in [0.25, 0.3) is 32.7 Å². The Hall–Kier alpha value is -2.93. The van der Waals surface area contributed by atoms with Crippen LogP contribution in [0.2, 0.25) is 0 Å². The number of fused-ring (bicyclic) bond motifs is 4. The minimum absolute atomic E-state index is 0.0860. The first-order valence-corrected chi connectivity index (χ1v) is 8.81. The molecule has 1 atom stereocenters. The number of hydrogen-bond donors (Lipinski definition) is 0. The first-order chi connectivity index (χ1) is 12.2. The summed E-state index contributed by atoms with van der Waals surface area (Å²) in [6.07, 6.45) is 0.839. The van der Waals surface area contributed by atoms with Gasteiger partial charge in [0.15, 0.2) is 5.78 Å². The number of hydrogen-bond acceptors (Lipinski definition) is 1. The molecule has 0 fully saturated rings. The van der Waals surface area contributed by atoms with Crippen molar-refractivity contribution in [1.82, 2.24) is 0 Å². The van der Waals surface area contributed by atoms with E-state index in [9.17, 15) is 4.79 Å². The Morgan fingerprint density at radius 3 is 2.24 bits per heavy atom. The second-order valence-corrected chi connectivity index (χ2v) is 6.99. The van der Waals surface area contributed by atoms with Gasteiger partial charge in [-0.1, -0.05) is 73.7 Å². The molecule has 0 saturated carbocycles. The van der Waals surface area contributed by atoms with E-state index in [2.05, 4.69) is 60.7 Å². The fraction of sp³-hybridized carbons (Fsp3) is 0.125. The van der Waals surface area contributed by atoms with Gasteiger partial charge in [0.25, 0.3) is 0 Å². The third kappa shape index (κ3) is 2.05. The summed E-state index contributed by atoms with van der Waals surface area (Å²) in [5.74, 6) is 0.366. The van der Waals surface area contributed by atoms with Gasteiger partial charge >= 0.3 is 0 Å². The van der Waals surface area contributed by atoms with Crippen molar-refractivity contribution in [2.75, 3.05) is 0 Å². The van der Waals surface area contributed by atoms with Gasteiger partial charge in [-0.2, -0.15) is 0 Å². The first-order valence-electron chi connectivity index (χ1n) is 8.81. The zero-order valence-corrected chi connectivity index (χ0v) is 14.1. The van der Waals surface area contributed by atoms with Crippen LogP contribution in [0.1, 0.15) is 22.8 Å². The molecule has 1 aliphatic carbocycles. The molecule has 0 radical (unpaired) electrons. The van der Waals surface area contributed by atoms with Gasteiger partial charge in [0.1, 0.15) is 0 Å². The summed E-state index contributed by atoms with van der Waals surface area (Å²) in [4.78, 5) is 12.5. The second-order valence-electron chi connectivity index (χ2n) is 6.99. The molecule has 0 saturated heterocycles. The molecule has 4 aromatic rings. The Morgan fingerprint density at radius 2 is 1.40 bits per heavy atom. The third-order valence-corrected chi connectivity index (χ3v) is 5.46. The van der Waals surface area contributed by atoms with Gasteiger partial charge < -0.3 is 0 Å². The van der Waals surface area contributed by atoms with Crippen molar-refractivity contribution in [2.24, 2.45) is 5.92 Å². The molecule has 0 bridgehead atoms. The van der Waals surface area contributed by atoms with Gasteiger partial charge in [0, 0.05) is 11.5 Å². The summed E-state index contributed by atoms with van der Waals surface area (Å²) in [6.45, 7) is 2.03. The molecule has 0 N–H and O–H groups in total. The second kappa shape index (κ2) is 5.29. The van der Waals surface area contributed by atoms with Crippen LogP contribution in [0.4, 0.5) is 0 Å². The van der Waals surface area contributed by atoms with Crippen molar-refractivity contribution in [3.63, 3.8) is 0 Å². The van der Waals surface area contributed by atoms with Crippen LogP contribution in [0.5, 0.6) is 0 Å². The van der Waals surface area contributed by atoms with Crippen LogP contribution in [-0.4, -0.2) is 5.78 Å². The van der Waals surface area contributed by atoms with Crippen LogP contribution in [0.15, 0.2) is 72.8 Å².